The van der Waals surface area contributed by atoms with Gasteiger partial charge in [-0.15, -0.1) is 0 Å². The maximum absolute atomic E-state index is 10.1. The van der Waals surface area contributed by atoms with Crippen LogP contribution in [0, 0.1) is 0 Å². The third kappa shape index (κ3) is 1.22. The summed E-state index contributed by atoms with van der Waals surface area (Å²) in [6.07, 6.45) is 2.86. The Morgan fingerprint density at radius 2 is 2.00 bits per heavy atom. The summed E-state index contributed by atoms with van der Waals surface area (Å²) in [5.74, 6) is 0. The fourth-order valence-corrected chi connectivity index (χ4v) is 2.85. The number of pyridine rings is 2. The Balaban J connectivity index is 2.27. The van der Waals surface area contributed by atoms with E-state index in [9.17, 15) is 5.11 Å². The number of aromatic nitrogens is 2. The topological polar surface area (TPSA) is 46.0 Å². The Labute approximate surface area is 104 Å². The molecule has 1 aromatic carbocycles. The van der Waals surface area contributed by atoms with Gasteiger partial charge in [0.15, 0.2) is 0 Å². The van der Waals surface area contributed by atoms with Crippen LogP contribution in [0.2, 0.25) is 0 Å². The predicted octanol–water partition coefficient (Wildman–Crippen LogP) is 2.76. The Morgan fingerprint density at radius 3 is 2.94 bits per heavy atom. The maximum Gasteiger partial charge on any atom is 0.0970 e. The highest BCUT2D eigenvalue weighted by Crippen LogP contribution is 2.35. The molecule has 88 valence electrons. The van der Waals surface area contributed by atoms with E-state index in [1.165, 1.54) is 0 Å². The highest BCUT2D eigenvalue weighted by Gasteiger charge is 2.23. The number of fused-ring (bicyclic) bond motifs is 2. The van der Waals surface area contributed by atoms with Crippen molar-refractivity contribution in [2.45, 2.75) is 18.9 Å². The summed E-state index contributed by atoms with van der Waals surface area (Å²) in [5, 5.41) is 13.4. The number of hydrogen-bond donors (Lipinski definition) is 1. The van der Waals surface area contributed by atoms with Crippen molar-refractivity contribution in [1.82, 2.24) is 9.97 Å². The number of hydrogen-bond acceptors (Lipinski definition) is 3. The first-order valence-corrected chi connectivity index (χ1v) is 6.19. The lowest BCUT2D eigenvalue weighted by Gasteiger charge is -2.21. The van der Waals surface area contributed by atoms with Crippen LogP contribution in [0.4, 0.5) is 0 Å². The minimum Gasteiger partial charge on any atom is -0.387 e. The molecule has 1 N–H and O–H groups in total. The van der Waals surface area contributed by atoms with E-state index in [1.807, 2.05) is 24.3 Å². The Kier molecular flexibility index (Phi) is 1.94. The lowest BCUT2D eigenvalue weighted by molar-refractivity contribution is 0.161. The largest absolute Gasteiger partial charge is 0.387 e. The molecule has 0 fully saturated rings. The molecule has 0 radical (unpaired) electrons. The van der Waals surface area contributed by atoms with Gasteiger partial charge in [-0.05, 0) is 30.4 Å². The average molecular weight is 236 g/mol. The van der Waals surface area contributed by atoms with Crippen LogP contribution in [0.3, 0.4) is 0 Å². The second-order valence-electron chi connectivity index (χ2n) is 4.75. The molecule has 2 heterocycles. The predicted molar refractivity (Wildman–Crippen MR) is 70.3 cm³/mol. The summed E-state index contributed by atoms with van der Waals surface area (Å²) in [6, 6.07) is 10.2. The average Bonchev–Trinajstić information content (AvgIpc) is 2.43. The van der Waals surface area contributed by atoms with Crippen LogP contribution in [0.5, 0.6) is 0 Å². The Hall–Kier alpha value is -2.00. The third-order valence-corrected chi connectivity index (χ3v) is 3.69. The molecule has 0 spiro atoms. The van der Waals surface area contributed by atoms with Crippen molar-refractivity contribution in [3.63, 3.8) is 0 Å². The highest BCUT2D eigenvalue weighted by atomic mass is 16.3. The van der Waals surface area contributed by atoms with Crippen LogP contribution in [0.25, 0.3) is 21.7 Å². The fourth-order valence-electron chi connectivity index (χ4n) is 2.85. The van der Waals surface area contributed by atoms with Gasteiger partial charge in [-0.2, -0.15) is 0 Å². The zero-order valence-corrected chi connectivity index (χ0v) is 9.80. The number of nitrogens with zero attached hydrogens (tertiary/aromatic N) is 2. The van der Waals surface area contributed by atoms with Gasteiger partial charge in [0.05, 0.1) is 23.0 Å². The van der Waals surface area contributed by atoms with Crippen LogP contribution in [0.15, 0.2) is 36.5 Å². The highest BCUT2D eigenvalue weighted by molar-refractivity contribution is 6.07. The SMILES string of the molecule is OC1CCc2nc3ccccc3c3ccnc1c23. The summed E-state index contributed by atoms with van der Waals surface area (Å²) in [5.41, 5.74) is 2.87. The molecule has 0 aliphatic heterocycles. The van der Waals surface area contributed by atoms with Crippen LogP contribution < -0.4 is 0 Å². The number of para-hydroxylation sites is 1. The van der Waals surface area contributed by atoms with Crippen LogP contribution in [-0.2, 0) is 6.42 Å². The van der Waals surface area contributed by atoms with Crippen molar-refractivity contribution < 1.29 is 5.11 Å². The molecule has 4 rings (SSSR count). The van der Waals surface area contributed by atoms with E-state index in [2.05, 4.69) is 11.1 Å². The monoisotopic (exact) mass is 236 g/mol. The molecule has 2 aromatic heterocycles. The van der Waals surface area contributed by atoms with Crippen molar-refractivity contribution in [2.75, 3.05) is 0 Å². The van der Waals surface area contributed by atoms with Gasteiger partial charge in [-0.3, -0.25) is 9.97 Å². The van der Waals surface area contributed by atoms with E-state index in [0.717, 1.165) is 39.5 Å². The van der Waals surface area contributed by atoms with Gasteiger partial charge in [0.1, 0.15) is 0 Å². The normalized spacial score (nSPS) is 18.4. The summed E-state index contributed by atoms with van der Waals surface area (Å²) in [7, 11) is 0. The molecular formula is C15H12N2O. The molecule has 0 amide bonds. The zero-order chi connectivity index (χ0) is 12.1. The van der Waals surface area contributed by atoms with Gasteiger partial charge in [0.2, 0.25) is 0 Å². The minimum atomic E-state index is -0.454. The van der Waals surface area contributed by atoms with Crippen molar-refractivity contribution in [3.05, 3.63) is 47.9 Å². The van der Waals surface area contributed by atoms with E-state index in [1.54, 1.807) is 6.20 Å². The van der Waals surface area contributed by atoms with E-state index in [4.69, 9.17) is 4.98 Å². The van der Waals surface area contributed by atoms with Gasteiger partial charge in [-0.25, -0.2) is 0 Å². The zero-order valence-electron chi connectivity index (χ0n) is 9.80. The molecule has 0 saturated heterocycles. The van der Waals surface area contributed by atoms with Crippen LogP contribution in [-0.4, -0.2) is 15.1 Å². The molecule has 1 atom stereocenters. The van der Waals surface area contributed by atoms with Crippen molar-refractivity contribution in [3.8, 4) is 0 Å². The van der Waals surface area contributed by atoms with Gasteiger partial charge in [0, 0.05) is 17.0 Å². The molecule has 3 aromatic rings. The number of aryl methyl sites for hydroxylation is 1. The molecule has 18 heavy (non-hydrogen) atoms. The van der Waals surface area contributed by atoms with Gasteiger partial charge in [0.25, 0.3) is 0 Å². The quantitative estimate of drug-likeness (QED) is 0.610. The van der Waals surface area contributed by atoms with Crippen molar-refractivity contribution >= 4 is 21.7 Å². The van der Waals surface area contributed by atoms with Crippen molar-refractivity contribution in [1.29, 1.82) is 0 Å². The number of aliphatic hydroxyl groups excluding tert-OH is 1. The maximum atomic E-state index is 10.1. The number of aliphatic hydroxyl groups is 1. The van der Waals surface area contributed by atoms with Crippen LogP contribution in [0.1, 0.15) is 23.9 Å². The van der Waals surface area contributed by atoms with Crippen molar-refractivity contribution in [2.24, 2.45) is 0 Å². The smallest absolute Gasteiger partial charge is 0.0970 e. The summed E-state index contributed by atoms with van der Waals surface area (Å²) in [6.45, 7) is 0. The van der Waals surface area contributed by atoms with E-state index in [0.29, 0.717) is 6.42 Å². The van der Waals surface area contributed by atoms with Gasteiger partial charge in [-0.1, -0.05) is 18.2 Å². The molecule has 3 heteroatoms. The number of rotatable bonds is 0. The number of benzene rings is 1. The van der Waals surface area contributed by atoms with E-state index < -0.39 is 6.10 Å². The molecule has 1 aliphatic carbocycles. The first kappa shape index (κ1) is 9.97. The lowest BCUT2D eigenvalue weighted by Crippen LogP contribution is -2.11. The Bertz CT molecular complexity index is 767. The molecule has 1 unspecified atom stereocenters. The second kappa shape index (κ2) is 3.50. The molecule has 3 nitrogen and oxygen atoms in total. The standard InChI is InChI=1S/C15H12N2O/c18-13-6-5-12-14-10(7-8-16-15(13)14)9-3-1-2-4-11(9)17-12/h1-4,7-8,13,18H,5-6H2. The lowest BCUT2D eigenvalue weighted by atomic mass is 9.92. The summed E-state index contributed by atoms with van der Waals surface area (Å²) in [4.78, 5) is 9.05. The third-order valence-electron chi connectivity index (χ3n) is 3.69. The summed E-state index contributed by atoms with van der Waals surface area (Å²) >= 11 is 0. The minimum absolute atomic E-state index is 0.454. The fraction of sp³-hybridized carbons (Fsp3) is 0.200. The first-order valence-electron chi connectivity index (χ1n) is 6.19. The molecule has 0 saturated carbocycles. The second-order valence-corrected chi connectivity index (χ2v) is 4.75. The Morgan fingerprint density at radius 1 is 1.11 bits per heavy atom. The first-order chi connectivity index (χ1) is 8.84. The summed E-state index contributed by atoms with van der Waals surface area (Å²) < 4.78 is 0. The molecule has 1 aliphatic rings. The molecule has 0 bridgehead atoms. The van der Waals surface area contributed by atoms with Crippen LogP contribution >= 0.6 is 0 Å². The molecular weight excluding hydrogens is 224 g/mol. The van der Waals surface area contributed by atoms with Gasteiger partial charge >= 0.3 is 0 Å². The van der Waals surface area contributed by atoms with E-state index >= 15 is 0 Å². The van der Waals surface area contributed by atoms with E-state index in [-0.39, 0.29) is 0 Å². The van der Waals surface area contributed by atoms with Gasteiger partial charge < -0.3 is 5.11 Å².